The Hall–Kier alpha value is -1.77. The predicted molar refractivity (Wildman–Crippen MR) is 59.9 cm³/mol. The Morgan fingerprint density at radius 3 is 2.73 bits per heavy atom. The zero-order valence-corrected chi connectivity index (χ0v) is 9.03. The molecule has 1 N–H and O–H groups in total. The van der Waals surface area contributed by atoms with E-state index in [4.69, 9.17) is 0 Å². The summed E-state index contributed by atoms with van der Waals surface area (Å²) >= 11 is 0. The average Bonchev–Trinajstić information content (AvgIpc) is 2.15. The third-order valence-electron chi connectivity index (χ3n) is 1.95. The third kappa shape index (κ3) is 3.13. The molecule has 3 heteroatoms. The van der Waals surface area contributed by atoms with Gasteiger partial charge in [0.2, 0.25) is 0 Å². The van der Waals surface area contributed by atoms with Crippen molar-refractivity contribution < 1.29 is 9.90 Å². The van der Waals surface area contributed by atoms with Gasteiger partial charge in [0.25, 0.3) is 5.91 Å². The zero-order chi connectivity index (χ0) is 11.4. The second-order valence-electron chi connectivity index (χ2n) is 3.67. The van der Waals surface area contributed by atoms with Crippen molar-refractivity contribution >= 4 is 5.91 Å². The fourth-order valence-corrected chi connectivity index (χ4v) is 1.34. The molecule has 0 radical (unpaired) electrons. The monoisotopic (exact) mass is 205 g/mol. The molecule has 0 spiro atoms. The lowest BCUT2D eigenvalue weighted by atomic mass is 10.2. The fraction of sp³-hybridized carbons (Fsp3) is 0.250. The summed E-state index contributed by atoms with van der Waals surface area (Å²) in [7, 11) is 1.71. The lowest BCUT2D eigenvalue weighted by molar-refractivity contribution is 0.0806. The quantitative estimate of drug-likeness (QED) is 0.767. The molecule has 0 aliphatic heterocycles. The molecule has 0 heterocycles. The summed E-state index contributed by atoms with van der Waals surface area (Å²) in [5.41, 5.74) is 1.41. The summed E-state index contributed by atoms with van der Waals surface area (Å²) in [4.78, 5) is 13.4. The number of hydrogen-bond acceptors (Lipinski definition) is 2. The molecule has 0 saturated carbocycles. The standard InChI is InChI=1S/C12H15NO2/c1-9(2)8-13(3)12(15)10-5-4-6-11(14)7-10/h4-7,14H,1,8H2,2-3H3. The molecular weight excluding hydrogens is 190 g/mol. The second kappa shape index (κ2) is 4.64. The largest absolute Gasteiger partial charge is 0.508 e. The fourth-order valence-electron chi connectivity index (χ4n) is 1.34. The molecular formula is C12H15NO2. The van der Waals surface area contributed by atoms with Gasteiger partial charge >= 0.3 is 0 Å². The second-order valence-corrected chi connectivity index (χ2v) is 3.67. The van der Waals surface area contributed by atoms with E-state index in [1.165, 1.54) is 12.1 Å². The van der Waals surface area contributed by atoms with Crippen molar-refractivity contribution in [3.8, 4) is 5.75 Å². The van der Waals surface area contributed by atoms with Gasteiger partial charge in [-0.05, 0) is 25.1 Å². The number of aromatic hydroxyl groups is 1. The summed E-state index contributed by atoms with van der Waals surface area (Å²) in [6, 6.07) is 6.32. The summed E-state index contributed by atoms with van der Waals surface area (Å²) in [6.07, 6.45) is 0. The number of amides is 1. The minimum Gasteiger partial charge on any atom is -0.508 e. The van der Waals surface area contributed by atoms with Crippen molar-refractivity contribution in [2.75, 3.05) is 13.6 Å². The van der Waals surface area contributed by atoms with Gasteiger partial charge in [-0.25, -0.2) is 0 Å². The highest BCUT2D eigenvalue weighted by Gasteiger charge is 2.11. The Labute approximate surface area is 89.6 Å². The van der Waals surface area contributed by atoms with E-state index in [9.17, 15) is 9.90 Å². The first-order valence-corrected chi connectivity index (χ1v) is 4.69. The van der Waals surface area contributed by atoms with Gasteiger partial charge in [-0.15, -0.1) is 0 Å². The number of rotatable bonds is 3. The van der Waals surface area contributed by atoms with E-state index in [2.05, 4.69) is 6.58 Å². The molecule has 0 atom stereocenters. The van der Waals surface area contributed by atoms with Crippen LogP contribution in [-0.4, -0.2) is 29.5 Å². The Morgan fingerprint density at radius 1 is 1.53 bits per heavy atom. The maximum absolute atomic E-state index is 11.8. The highest BCUT2D eigenvalue weighted by molar-refractivity contribution is 5.94. The molecule has 0 aliphatic carbocycles. The molecule has 0 unspecified atom stereocenters. The first-order valence-electron chi connectivity index (χ1n) is 4.69. The molecule has 0 bridgehead atoms. The summed E-state index contributed by atoms with van der Waals surface area (Å²) in [6.45, 7) is 6.14. The van der Waals surface area contributed by atoms with E-state index in [0.717, 1.165) is 5.57 Å². The van der Waals surface area contributed by atoms with Crippen LogP contribution in [0.3, 0.4) is 0 Å². The number of carbonyl (C=O) groups excluding carboxylic acids is 1. The first-order chi connectivity index (χ1) is 7.00. The summed E-state index contributed by atoms with van der Waals surface area (Å²) < 4.78 is 0. The van der Waals surface area contributed by atoms with Crippen LogP contribution in [0, 0.1) is 0 Å². The average molecular weight is 205 g/mol. The van der Waals surface area contributed by atoms with Crippen LogP contribution in [0.2, 0.25) is 0 Å². The van der Waals surface area contributed by atoms with Gasteiger partial charge in [-0.2, -0.15) is 0 Å². The Balaban J connectivity index is 2.80. The molecule has 1 aromatic carbocycles. The van der Waals surface area contributed by atoms with Crippen LogP contribution < -0.4 is 0 Å². The Bertz CT molecular complexity index is 385. The van der Waals surface area contributed by atoms with Crippen molar-refractivity contribution in [1.29, 1.82) is 0 Å². The molecule has 3 nitrogen and oxygen atoms in total. The molecule has 1 rings (SSSR count). The molecule has 0 aliphatic rings. The van der Waals surface area contributed by atoms with Crippen LogP contribution in [0.25, 0.3) is 0 Å². The predicted octanol–water partition coefficient (Wildman–Crippen LogP) is 2.04. The number of hydrogen-bond donors (Lipinski definition) is 1. The van der Waals surface area contributed by atoms with E-state index in [1.54, 1.807) is 24.1 Å². The van der Waals surface area contributed by atoms with Gasteiger partial charge in [0.05, 0.1) is 0 Å². The molecule has 0 fully saturated rings. The van der Waals surface area contributed by atoms with Gasteiger partial charge < -0.3 is 10.0 Å². The minimum absolute atomic E-state index is 0.101. The molecule has 15 heavy (non-hydrogen) atoms. The maximum Gasteiger partial charge on any atom is 0.254 e. The molecule has 0 aromatic heterocycles. The van der Waals surface area contributed by atoms with Gasteiger partial charge in [0.1, 0.15) is 5.75 Å². The number of nitrogens with zero attached hydrogens (tertiary/aromatic N) is 1. The van der Waals surface area contributed by atoms with Gasteiger partial charge in [0.15, 0.2) is 0 Å². The number of benzene rings is 1. The smallest absolute Gasteiger partial charge is 0.254 e. The van der Waals surface area contributed by atoms with Gasteiger partial charge in [-0.3, -0.25) is 4.79 Å². The minimum atomic E-state index is -0.117. The number of phenolic OH excluding ortho intramolecular Hbond substituents is 1. The van der Waals surface area contributed by atoms with Crippen molar-refractivity contribution in [2.45, 2.75) is 6.92 Å². The van der Waals surface area contributed by atoms with Gasteiger partial charge in [0, 0.05) is 19.2 Å². The van der Waals surface area contributed by atoms with Crippen LogP contribution >= 0.6 is 0 Å². The first kappa shape index (κ1) is 11.3. The molecule has 1 aromatic rings. The van der Waals surface area contributed by atoms with E-state index < -0.39 is 0 Å². The number of phenols is 1. The summed E-state index contributed by atoms with van der Waals surface area (Å²) in [5.74, 6) is -0.0153. The number of carbonyl (C=O) groups is 1. The van der Waals surface area contributed by atoms with E-state index in [1.807, 2.05) is 6.92 Å². The van der Waals surface area contributed by atoms with Crippen molar-refractivity contribution in [3.63, 3.8) is 0 Å². The Morgan fingerprint density at radius 2 is 2.20 bits per heavy atom. The third-order valence-corrected chi connectivity index (χ3v) is 1.95. The lowest BCUT2D eigenvalue weighted by Gasteiger charge is -2.17. The zero-order valence-electron chi connectivity index (χ0n) is 9.03. The van der Waals surface area contributed by atoms with Crippen molar-refractivity contribution in [3.05, 3.63) is 42.0 Å². The van der Waals surface area contributed by atoms with Crippen LogP contribution in [-0.2, 0) is 0 Å². The topological polar surface area (TPSA) is 40.5 Å². The lowest BCUT2D eigenvalue weighted by Crippen LogP contribution is -2.28. The molecule has 80 valence electrons. The van der Waals surface area contributed by atoms with Gasteiger partial charge in [-0.1, -0.05) is 18.2 Å². The van der Waals surface area contributed by atoms with E-state index in [0.29, 0.717) is 12.1 Å². The van der Waals surface area contributed by atoms with Crippen LogP contribution in [0.5, 0.6) is 5.75 Å². The van der Waals surface area contributed by atoms with E-state index in [-0.39, 0.29) is 11.7 Å². The van der Waals surface area contributed by atoms with E-state index >= 15 is 0 Å². The Kier molecular flexibility index (Phi) is 3.50. The number of likely N-dealkylation sites (N-methyl/N-ethyl adjacent to an activating group) is 1. The highest BCUT2D eigenvalue weighted by Crippen LogP contribution is 2.12. The maximum atomic E-state index is 11.8. The summed E-state index contributed by atoms with van der Waals surface area (Å²) in [5, 5.41) is 9.24. The van der Waals surface area contributed by atoms with Crippen LogP contribution in [0.4, 0.5) is 0 Å². The molecule has 1 amide bonds. The van der Waals surface area contributed by atoms with Crippen molar-refractivity contribution in [2.24, 2.45) is 0 Å². The molecule has 0 saturated heterocycles. The normalized spacial score (nSPS) is 9.73. The SMILES string of the molecule is C=C(C)CN(C)C(=O)c1cccc(O)c1. The highest BCUT2D eigenvalue weighted by atomic mass is 16.3. The van der Waals surface area contributed by atoms with Crippen LogP contribution in [0.15, 0.2) is 36.4 Å². The van der Waals surface area contributed by atoms with Crippen LogP contribution in [0.1, 0.15) is 17.3 Å². The van der Waals surface area contributed by atoms with Crippen molar-refractivity contribution in [1.82, 2.24) is 4.90 Å².